The molecule has 28 heavy (non-hydrogen) atoms. The number of aliphatic hydroxyl groups is 1. The average Bonchev–Trinajstić information content (AvgIpc) is 3.00. The summed E-state index contributed by atoms with van der Waals surface area (Å²) in [7, 11) is 0. The van der Waals surface area contributed by atoms with Gasteiger partial charge in [-0.3, -0.25) is 24.6 Å². The molecule has 1 aromatic rings. The first kappa shape index (κ1) is 19.0. The van der Waals surface area contributed by atoms with E-state index in [9.17, 15) is 19.5 Å². The summed E-state index contributed by atoms with van der Waals surface area (Å²) in [4.78, 5) is 40.3. The van der Waals surface area contributed by atoms with Crippen LogP contribution in [-0.2, 0) is 22.7 Å². The van der Waals surface area contributed by atoms with Crippen LogP contribution in [0.2, 0.25) is 0 Å². The van der Waals surface area contributed by atoms with Crippen molar-refractivity contribution >= 4 is 17.7 Å². The summed E-state index contributed by atoms with van der Waals surface area (Å²) in [6.07, 6.45) is 0.622. The van der Waals surface area contributed by atoms with Gasteiger partial charge in [-0.2, -0.15) is 0 Å². The van der Waals surface area contributed by atoms with Crippen molar-refractivity contribution in [1.82, 2.24) is 20.4 Å². The third kappa shape index (κ3) is 3.32. The molecule has 0 bridgehead atoms. The van der Waals surface area contributed by atoms with E-state index in [4.69, 9.17) is 0 Å². The number of piperazine rings is 1. The van der Waals surface area contributed by atoms with Crippen LogP contribution in [-0.4, -0.2) is 70.4 Å². The molecule has 0 aliphatic carbocycles. The second-order valence-electron chi connectivity index (χ2n) is 8.14. The van der Waals surface area contributed by atoms with Crippen molar-refractivity contribution in [1.29, 1.82) is 0 Å². The fourth-order valence-corrected chi connectivity index (χ4v) is 4.30. The molecule has 4 rings (SSSR count). The summed E-state index contributed by atoms with van der Waals surface area (Å²) < 4.78 is 0. The molecular formula is C20H26N4O4. The molecule has 0 saturated carbocycles. The number of nitrogens with zero attached hydrogens (tertiary/aromatic N) is 2. The van der Waals surface area contributed by atoms with Gasteiger partial charge >= 0.3 is 0 Å². The lowest BCUT2D eigenvalue weighted by molar-refractivity contribution is -0.136. The van der Waals surface area contributed by atoms with E-state index in [1.54, 1.807) is 4.90 Å². The zero-order valence-corrected chi connectivity index (χ0v) is 16.0. The number of amides is 3. The summed E-state index contributed by atoms with van der Waals surface area (Å²) in [6.45, 7) is 5.54. The van der Waals surface area contributed by atoms with Crippen LogP contribution >= 0.6 is 0 Å². The van der Waals surface area contributed by atoms with Gasteiger partial charge in [-0.05, 0) is 30.5 Å². The Morgan fingerprint density at radius 3 is 2.86 bits per heavy atom. The topological polar surface area (TPSA) is 102 Å². The highest BCUT2D eigenvalue weighted by molar-refractivity contribution is 6.05. The molecule has 3 aliphatic heterocycles. The third-order valence-electron chi connectivity index (χ3n) is 6.13. The number of fused-ring (bicyclic) bond motifs is 1. The van der Waals surface area contributed by atoms with E-state index in [1.807, 2.05) is 25.1 Å². The average molecular weight is 386 g/mol. The fourth-order valence-electron chi connectivity index (χ4n) is 4.30. The highest BCUT2D eigenvalue weighted by Gasteiger charge is 2.39. The second kappa shape index (κ2) is 7.27. The number of rotatable bonds is 4. The number of carbonyl (C=O) groups excluding carboxylic acids is 3. The van der Waals surface area contributed by atoms with Crippen molar-refractivity contribution in [2.75, 3.05) is 26.2 Å². The Bertz CT molecular complexity index is 826. The molecule has 0 spiro atoms. The molecule has 2 unspecified atom stereocenters. The summed E-state index contributed by atoms with van der Waals surface area (Å²) in [5.41, 5.74) is 2.21. The Morgan fingerprint density at radius 1 is 1.29 bits per heavy atom. The maximum atomic E-state index is 12.9. The van der Waals surface area contributed by atoms with Crippen molar-refractivity contribution in [3.05, 3.63) is 34.9 Å². The maximum absolute atomic E-state index is 12.9. The number of hydrogen-bond donors (Lipinski definition) is 3. The minimum atomic E-state index is -0.591. The number of imide groups is 1. The van der Waals surface area contributed by atoms with Gasteiger partial charge in [0.25, 0.3) is 5.91 Å². The SMILES string of the molecule is CC1(CO)CNCCN1Cc1ccc2c(c1)C(=O)N(C1CCC(=O)NC1=O)C2. The zero-order valence-electron chi connectivity index (χ0n) is 16.0. The van der Waals surface area contributed by atoms with Gasteiger partial charge in [0.15, 0.2) is 0 Å². The Kier molecular flexibility index (Phi) is 4.95. The molecule has 1 aromatic carbocycles. The van der Waals surface area contributed by atoms with Crippen LogP contribution in [0.25, 0.3) is 0 Å². The van der Waals surface area contributed by atoms with Gasteiger partial charge in [0.2, 0.25) is 11.8 Å². The van der Waals surface area contributed by atoms with E-state index in [1.165, 1.54) is 0 Å². The van der Waals surface area contributed by atoms with Gasteiger partial charge in [-0.15, -0.1) is 0 Å². The monoisotopic (exact) mass is 386 g/mol. The third-order valence-corrected chi connectivity index (χ3v) is 6.13. The summed E-state index contributed by atoms with van der Waals surface area (Å²) in [5, 5.41) is 15.5. The minimum absolute atomic E-state index is 0.0627. The molecule has 150 valence electrons. The number of benzene rings is 1. The molecule has 0 aromatic heterocycles. The highest BCUT2D eigenvalue weighted by atomic mass is 16.3. The fraction of sp³-hybridized carbons (Fsp3) is 0.550. The number of piperidine rings is 1. The van der Waals surface area contributed by atoms with E-state index in [-0.39, 0.29) is 30.4 Å². The molecule has 3 N–H and O–H groups in total. The quantitative estimate of drug-likeness (QED) is 0.609. The van der Waals surface area contributed by atoms with Gasteiger partial charge in [0.05, 0.1) is 12.1 Å². The van der Waals surface area contributed by atoms with Gasteiger partial charge in [0, 0.05) is 44.7 Å². The van der Waals surface area contributed by atoms with E-state index < -0.39 is 11.9 Å². The summed E-state index contributed by atoms with van der Waals surface area (Å²) in [6, 6.07) is 5.28. The summed E-state index contributed by atoms with van der Waals surface area (Å²) >= 11 is 0. The lowest BCUT2D eigenvalue weighted by Crippen LogP contribution is -2.61. The second-order valence-corrected chi connectivity index (χ2v) is 8.14. The van der Waals surface area contributed by atoms with Crippen LogP contribution in [0.1, 0.15) is 41.3 Å². The lowest BCUT2D eigenvalue weighted by atomic mass is 9.97. The standard InChI is InChI=1S/C20H26N4O4/c1-20(12-25)11-21-6-7-23(20)9-13-2-3-14-10-24(19(28)15(14)8-13)16-4-5-17(26)22-18(16)27/h2-3,8,16,21,25H,4-7,9-12H2,1H3,(H,22,26,27). The Morgan fingerprint density at radius 2 is 2.11 bits per heavy atom. The largest absolute Gasteiger partial charge is 0.394 e. The number of nitrogens with one attached hydrogen (secondary N) is 2. The Labute approximate surface area is 163 Å². The molecule has 8 heteroatoms. The molecular weight excluding hydrogens is 360 g/mol. The smallest absolute Gasteiger partial charge is 0.255 e. The molecule has 8 nitrogen and oxygen atoms in total. The highest BCUT2D eigenvalue weighted by Crippen LogP contribution is 2.29. The van der Waals surface area contributed by atoms with E-state index >= 15 is 0 Å². The minimum Gasteiger partial charge on any atom is -0.394 e. The molecule has 0 radical (unpaired) electrons. The van der Waals surface area contributed by atoms with Crippen LogP contribution in [0.3, 0.4) is 0 Å². The predicted molar refractivity (Wildman–Crippen MR) is 101 cm³/mol. The predicted octanol–water partition coefficient (Wildman–Crippen LogP) is -0.396. The summed E-state index contributed by atoms with van der Waals surface area (Å²) in [5.74, 6) is -0.829. The van der Waals surface area contributed by atoms with Gasteiger partial charge in [0.1, 0.15) is 6.04 Å². The van der Waals surface area contributed by atoms with Crippen LogP contribution in [0, 0.1) is 0 Å². The molecule has 3 aliphatic rings. The Hall–Kier alpha value is -2.29. The molecule has 3 heterocycles. The van der Waals surface area contributed by atoms with Crippen molar-refractivity contribution < 1.29 is 19.5 Å². The first-order chi connectivity index (χ1) is 13.4. The zero-order chi connectivity index (χ0) is 19.9. The van der Waals surface area contributed by atoms with Crippen molar-refractivity contribution in [3.63, 3.8) is 0 Å². The van der Waals surface area contributed by atoms with Crippen molar-refractivity contribution in [2.24, 2.45) is 0 Å². The normalized spacial score (nSPS) is 28.4. The van der Waals surface area contributed by atoms with E-state index in [2.05, 4.69) is 15.5 Å². The number of carbonyl (C=O) groups is 3. The van der Waals surface area contributed by atoms with Crippen LogP contribution in [0.4, 0.5) is 0 Å². The van der Waals surface area contributed by atoms with Crippen molar-refractivity contribution in [2.45, 2.75) is 44.4 Å². The van der Waals surface area contributed by atoms with Gasteiger partial charge in [-0.1, -0.05) is 12.1 Å². The van der Waals surface area contributed by atoms with Crippen LogP contribution in [0.5, 0.6) is 0 Å². The number of hydrogen-bond acceptors (Lipinski definition) is 6. The van der Waals surface area contributed by atoms with E-state index in [0.29, 0.717) is 25.1 Å². The Balaban J connectivity index is 1.51. The van der Waals surface area contributed by atoms with Crippen LogP contribution in [0.15, 0.2) is 18.2 Å². The number of aliphatic hydroxyl groups excluding tert-OH is 1. The first-order valence-electron chi connectivity index (χ1n) is 9.74. The van der Waals surface area contributed by atoms with Crippen LogP contribution < -0.4 is 10.6 Å². The van der Waals surface area contributed by atoms with Gasteiger partial charge < -0.3 is 15.3 Å². The molecule has 3 amide bonds. The first-order valence-corrected chi connectivity index (χ1v) is 9.74. The molecule has 2 atom stereocenters. The van der Waals surface area contributed by atoms with E-state index in [0.717, 1.165) is 30.8 Å². The van der Waals surface area contributed by atoms with Crippen molar-refractivity contribution in [3.8, 4) is 0 Å². The van der Waals surface area contributed by atoms with Gasteiger partial charge in [-0.25, -0.2) is 0 Å². The maximum Gasteiger partial charge on any atom is 0.255 e. The molecule has 2 saturated heterocycles. The lowest BCUT2D eigenvalue weighted by Gasteiger charge is -2.44. The molecule has 2 fully saturated rings.